The van der Waals surface area contributed by atoms with Crippen molar-refractivity contribution < 1.29 is 44.1 Å². The number of hydrogen-bond acceptors (Lipinski definition) is 11. The van der Waals surface area contributed by atoms with E-state index < -0.39 is 18.2 Å². The third-order valence-electron chi connectivity index (χ3n) is 15.5. The number of ether oxygens (including phenoxy) is 5. The van der Waals surface area contributed by atoms with Crippen molar-refractivity contribution in [3.8, 4) is 45.6 Å². The molecule has 2 heterocycles. The SMILES string of the molecule is CCNCOc1cc(OC)c2c3c1C(O)Nc1cc4c(c(c1-3)CC2)C(O)C(c1cc(OC)c(O)c(OCC(CO)C23CC5C=c6ccccc6=CC5C2CCc2ccccc23)c1)CO4. The summed E-state index contributed by atoms with van der Waals surface area (Å²) >= 11 is 0. The molecule has 5 aromatic carbocycles. The maximum Gasteiger partial charge on any atom is 0.200 e. The third-order valence-corrected chi connectivity index (χ3v) is 15.5. The van der Waals surface area contributed by atoms with Crippen LogP contribution in [0.15, 0.2) is 72.8 Å². The van der Waals surface area contributed by atoms with Crippen LogP contribution in [-0.2, 0) is 24.7 Å². The van der Waals surface area contributed by atoms with Gasteiger partial charge in [-0.15, -0.1) is 0 Å². The minimum absolute atomic E-state index is 0.0836. The monoisotopic (exact) mass is 864 g/mol. The van der Waals surface area contributed by atoms with Crippen molar-refractivity contribution in [1.29, 1.82) is 0 Å². The molecule has 0 radical (unpaired) electrons. The number of rotatable bonds is 12. The Balaban J connectivity index is 0.937. The summed E-state index contributed by atoms with van der Waals surface area (Å²) in [6.07, 6.45) is 7.04. The van der Waals surface area contributed by atoms with Crippen LogP contribution in [0.2, 0.25) is 0 Å². The Morgan fingerprint density at radius 1 is 0.844 bits per heavy atom. The lowest BCUT2D eigenvalue weighted by Crippen LogP contribution is -2.47. The number of aliphatic hydroxyl groups is 3. The summed E-state index contributed by atoms with van der Waals surface area (Å²) in [7, 11) is 3.15. The van der Waals surface area contributed by atoms with Crippen LogP contribution in [0.5, 0.6) is 34.5 Å². The number of nitrogens with one attached hydrogen (secondary N) is 2. The van der Waals surface area contributed by atoms with Crippen molar-refractivity contribution in [3.05, 3.63) is 122 Å². The van der Waals surface area contributed by atoms with Gasteiger partial charge in [0.05, 0.1) is 45.7 Å². The van der Waals surface area contributed by atoms with E-state index in [-0.39, 0.29) is 55.1 Å². The predicted molar refractivity (Wildman–Crippen MR) is 244 cm³/mol. The number of methoxy groups -OCH3 is 2. The molecule has 2 aliphatic heterocycles. The molecule has 0 aromatic heterocycles. The first kappa shape index (κ1) is 41.0. The molecular formula is C53H56N2O9. The lowest BCUT2D eigenvalue weighted by molar-refractivity contribution is 0.0592. The highest BCUT2D eigenvalue weighted by Gasteiger charge is 2.58. The summed E-state index contributed by atoms with van der Waals surface area (Å²) in [5.41, 5.74) is 8.68. The Bertz CT molecular complexity index is 2790. The second-order valence-electron chi connectivity index (χ2n) is 18.3. The van der Waals surface area contributed by atoms with Gasteiger partial charge in [0.15, 0.2) is 17.7 Å². The first-order valence-electron chi connectivity index (χ1n) is 22.8. The molecule has 64 heavy (non-hydrogen) atoms. The van der Waals surface area contributed by atoms with Crippen LogP contribution in [0.3, 0.4) is 0 Å². The van der Waals surface area contributed by atoms with Crippen molar-refractivity contribution in [1.82, 2.24) is 5.32 Å². The number of hydrogen-bond donors (Lipinski definition) is 6. The first-order chi connectivity index (χ1) is 31.3. The third kappa shape index (κ3) is 6.22. The Labute approximate surface area is 372 Å². The lowest BCUT2D eigenvalue weighted by Gasteiger charge is -2.47. The number of anilines is 1. The van der Waals surface area contributed by atoms with Crippen LogP contribution >= 0.6 is 0 Å². The zero-order chi connectivity index (χ0) is 43.9. The Morgan fingerprint density at radius 3 is 2.41 bits per heavy atom. The highest BCUT2D eigenvalue weighted by molar-refractivity contribution is 5.93. The number of phenols is 1. The van der Waals surface area contributed by atoms with Crippen LogP contribution < -0.4 is 44.8 Å². The summed E-state index contributed by atoms with van der Waals surface area (Å²) in [5, 5.41) is 56.1. The minimum Gasteiger partial charge on any atom is -0.502 e. The van der Waals surface area contributed by atoms with Gasteiger partial charge >= 0.3 is 0 Å². The van der Waals surface area contributed by atoms with Gasteiger partial charge in [0.25, 0.3) is 0 Å². The van der Waals surface area contributed by atoms with Gasteiger partial charge < -0.3 is 49.4 Å². The van der Waals surface area contributed by atoms with Crippen molar-refractivity contribution in [3.63, 3.8) is 0 Å². The number of aliphatic hydroxyl groups excluding tert-OH is 3. The van der Waals surface area contributed by atoms with Crippen molar-refractivity contribution in [2.24, 2.45) is 23.7 Å². The van der Waals surface area contributed by atoms with Gasteiger partial charge in [0.2, 0.25) is 5.75 Å². The molecule has 11 nitrogen and oxygen atoms in total. The summed E-state index contributed by atoms with van der Waals surface area (Å²) in [6, 6.07) is 24.6. The second-order valence-corrected chi connectivity index (χ2v) is 18.3. The van der Waals surface area contributed by atoms with Gasteiger partial charge in [0, 0.05) is 57.3 Å². The lowest BCUT2D eigenvalue weighted by atomic mass is 9.57. The smallest absolute Gasteiger partial charge is 0.200 e. The number of phenolic OH excluding ortho intramolecular Hbond substituents is 1. The number of benzene rings is 5. The van der Waals surface area contributed by atoms with E-state index in [9.17, 15) is 20.4 Å². The van der Waals surface area contributed by atoms with Crippen molar-refractivity contribution >= 4 is 17.8 Å². The number of aryl methyl sites for hydroxylation is 1. The van der Waals surface area contributed by atoms with Gasteiger partial charge in [-0.05, 0) is 101 Å². The molecule has 0 spiro atoms. The molecule has 6 aliphatic rings. The fourth-order valence-corrected chi connectivity index (χ4v) is 12.7. The average molecular weight is 865 g/mol. The van der Waals surface area contributed by atoms with Crippen molar-refractivity contribution in [2.75, 3.05) is 52.6 Å². The summed E-state index contributed by atoms with van der Waals surface area (Å²) in [4.78, 5) is 0. The maximum absolute atomic E-state index is 12.5. The zero-order valence-corrected chi connectivity index (χ0v) is 36.5. The van der Waals surface area contributed by atoms with E-state index in [1.807, 2.05) is 19.1 Å². The second kappa shape index (κ2) is 16.1. The highest BCUT2D eigenvalue weighted by atomic mass is 16.5. The van der Waals surface area contributed by atoms with Crippen LogP contribution in [0.25, 0.3) is 23.3 Å². The maximum atomic E-state index is 12.5. The van der Waals surface area contributed by atoms with E-state index in [0.29, 0.717) is 64.5 Å². The molecule has 0 bridgehead atoms. The molecular weight excluding hydrogens is 809 g/mol. The normalized spacial score (nSPS) is 25.5. The molecule has 4 aliphatic carbocycles. The highest BCUT2D eigenvalue weighted by Crippen LogP contribution is 2.62. The molecule has 332 valence electrons. The number of fused-ring (bicyclic) bond motifs is 8. The van der Waals surface area contributed by atoms with E-state index in [1.165, 1.54) is 28.7 Å². The molecule has 1 saturated carbocycles. The summed E-state index contributed by atoms with van der Waals surface area (Å²) in [5.74, 6) is 2.22. The summed E-state index contributed by atoms with van der Waals surface area (Å²) < 4.78 is 31.0. The molecule has 1 fully saturated rings. The van der Waals surface area contributed by atoms with Crippen LogP contribution in [0.4, 0.5) is 5.69 Å². The van der Waals surface area contributed by atoms with Gasteiger partial charge in [-0.3, -0.25) is 5.32 Å². The average Bonchev–Trinajstić information content (AvgIpc) is 3.65. The van der Waals surface area contributed by atoms with Crippen molar-refractivity contribution in [2.45, 2.75) is 62.7 Å². The molecule has 0 saturated heterocycles. The van der Waals surface area contributed by atoms with Gasteiger partial charge in [0.1, 0.15) is 24.0 Å². The standard InChI is InChI=1S/C53H56N2O9/c1-4-54-27-64-43-22-41(60-2)34-14-15-35-46-40(55-52(59)49(43)48(34)46)21-42-47(35)50(57)37(26-63-42)31-19-44(61-3)51(58)45(20-31)62-25-33(24-56)53-23-32-17-29-10-5-6-11-30(29)18-36(32)39(53)16-13-28-9-7-8-12-38(28)53/h5-12,17-22,32-33,36-37,39,50,52,54-59H,4,13-16,23-27H2,1-3H3. The van der Waals surface area contributed by atoms with E-state index >= 15 is 0 Å². The molecule has 8 atom stereocenters. The van der Waals surface area contributed by atoms with E-state index in [4.69, 9.17) is 23.7 Å². The molecule has 0 amide bonds. The van der Waals surface area contributed by atoms with Crippen LogP contribution in [0.1, 0.15) is 77.0 Å². The van der Waals surface area contributed by atoms with Gasteiger partial charge in [-0.25, -0.2) is 0 Å². The predicted octanol–water partition coefficient (Wildman–Crippen LogP) is 6.15. The van der Waals surface area contributed by atoms with E-state index in [2.05, 4.69) is 71.3 Å². The minimum atomic E-state index is -1.03. The molecule has 11 rings (SSSR count). The Morgan fingerprint density at radius 2 is 1.61 bits per heavy atom. The first-order valence-corrected chi connectivity index (χ1v) is 22.8. The van der Waals surface area contributed by atoms with Crippen LogP contribution in [0, 0.1) is 23.7 Å². The molecule has 8 unspecified atom stereocenters. The van der Waals surface area contributed by atoms with Gasteiger partial charge in [-0.2, -0.15) is 0 Å². The fourth-order valence-electron chi connectivity index (χ4n) is 12.7. The largest absolute Gasteiger partial charge is 0.502 e. The van der Waals surface area contributed by atoms with E-state index in [1.54, 1.807) is 19.2 Å². The van der Waals surface area contributed by atoms with Crippen LogP contribution in [-0.4, -0.2) is 67.7 Å². The van der Waals surface area contributed by atoms with E-state index in [0.717, 1.165) is 53.7 Å². The Hall–Kier alpha value is -5.72. The molecule has 6 N–H and O–H groups in total. The quantitative estimate of drug-likeness (QED) is 0.0634. The Kier molecular flexibility index (Phi) is 10.3. The van der Waals surface area contributed by atoms with Gasteiger partial charge in [-0.1, -0.05) is 67.6 Å². The number of aromatic hydroxyl groups is 1. The topological polar surface area (TPSA) is 151 Å². The molecule has 11 heteroatoms. The fraction of sp³-hybridized carbons (Fsp3) is 0.396. The molecule has 5 aromatic rings. The summed E-state index contributed by atoms with van der Waals surface area (Å²) in [6.45, 7) is 3.23. The zero-order valence-electron chi connectivity index (χ0n) is 36.5.